The molecule has 0 bridgehead atoms. The normalized spacial score (nSPS) is 38.0. The van der Waals surface area contributed by atoms with Crippen LogP contribution in [0, 0.1) is 11.8 Å². The van der Waals surface area contributed by atoms with Crippen LogP contribution in [0.3, 0.4) is 0 Å². The van der Waals surface area contributed by atoms with Crippen LogP contribution < -0.4 is 0 Å². The molecule has 0 amide bonds. The molecule has 54 valence electrons. The van der Waals surface area contributed by atoms with E-state index in [1.54, 1.807) is 0 Å². The molecule has 9 heavy (non-hydrogen) atoms. The highest BCUT2D eigenvalue weighted by molar-refractivity contribution is 4.61. The lowest BCUT2D eigenvalue weighted by molar-refractivity contribution is 0.102. The van der Waals surface area contributed by atoms with Crippen LogP contribution in [-0.4, -0.2) is 13.2 Å². The second-order valence-corrected chi connectivity index (χ2v) is 3.33. The molecule has 1 fully saturated rings. The van der Waals surface area contributed by atoms with E-state index >= 15 is 0 Å². The Morgan fingerprint density at radius 3 is 1.89 bits per heavy atom. The first-order chi connectivity index (χ1) is 4.29. The number of ether oxygens (including phenoxy) is 1. The van der Waals surface area contributed by atoms with E-state index in [4.69, 9.17) is 4.74 Å². The lowest BCUT2D eigenvalue weighted by Gasteiger charge is -2.03. The number of rotatable bonds is 0. The third-order valence-corrected chi connectivity index (χ3v) is 1.96. The summed E-state index contributed by atoms with van der Waals surface area (Å²) in [7, 11) is 0. The standard InChI is InChI=1S/C8H16O/c1-7-3-4-8(2)6-9-5-7/h7-8H,3-6H2,1-2H3/t7-,8+. The van der Waals surface area contributed by atoms with Crippen LogP contribution in [0.5, 0.6) is 0 Å². The molecule has 1 heterocycles. The molecule has 0 radical (unpaired) electrons. The summed E-state index contributed by atoms with van der Waals surface area (Å²) in [5, 5.41) is 0. The van der Waals surface area contributed by atoms with Crippen molar-refractivity contribution < 1.29 is 4.74 Å². The van der Waals surface area contributed by atoms with Gasteiger partial charge in [-0.15, -0.1) is 0 Å². The molecular formula is C8H16O. The Bertz CT molecular complexity index is 70.6. The molecule has 1 rings (SSSR count). The average Bonchev–Trinajstić information content (AvgIpc) is 1.97. The lowest BCUT2D eigenvalue weighted by Crippen LogP contribution is -2.02. The van der Waals surface area contributed by atoms with E-state index in [9.17, 15) is 0 Å². The van der Waals surface area contributed by atoms with E-state index < -0.39 is 0 Å². The van der Waals surface area contributed by atoms with E-state index in [0.717, 1.165) is 25.0 Å². The van der Waals surface area contributed by atoms with Gasteiger partial charge in [0, 0.05) is 13.2 Å². The van der Waals surface area contributed by atoms with Gasteiger partial charge < -0.3 is 4.74 Å². The largest absolute Gasteiger partial charge is 0.381 e. The molecule has 0 saturated carbocycles. The topological polar surface area (TPSA) is 9.23 Å². The predicted molar refractivity (Wildman–Crippen MR) is 38.4 cm³/mol. The van der Waals surface area contributed by atoms with Crippen LogP contribution in [-0.2, 0) is 4.74 Å². The molecule has 2 atom stereocenters. The van der Waals surface area contributed by atoms with Crippen molar-refractivity contribution in [2.24, 2.45) is 11.8 Å². The fourth-order valence-electron chi connectivity index (χ4n) is 1.21. The maximum absolute atomic E-state index is 5.42. The fraction of sp³-hybridized carbons (Fsp3) is 1.00. The zero-order valence-electron chi connectivity index (χ0n) is 6.39. The summed E-state index contributed by atoms with van der Waals surface area (Å²) in [6.45, 7) is 6.48. The zero-order chi connectivity index (χ0) is 6.69. The Labute approximate surface area is 57.4 Å². The molecule has 0 N–H and O–H groups in total. The van der Waals surface area contributed by atoms with Gasteiger partial charge in [-0.3, -0.25) is 0 Å². The highest BCUT2D eigenvalue weighted by Gasteiger charge is 2.11. The molecule has 0 aromatic rings. The van der Waals surface area contributed by atoms with Gasteiger partial charge in [0.15, 0.2) is 0 Å². The van der Waals surface area contributed by atoms with Crippen molar-refractivity contribution in [1.29, 1.82) is 0 Å². The molecular weight excluding hydrogens is 112 g/mol. The van der Waals surface area contributed by atoms with Gasteiger partial charge in [-0.25, -0.2) is 0 Å². The third kappa shape index (κ3) is 2.35. The maximum atomic E-state index is 5.42. The number of hydrogen-bond acceptors (Lipinski definition) is 1. The molecule has 1 aliphatic rings. The molecule has 0 aromatic carbocycles. The molecule has 1 saturated heterocycles. The monoisotopic (exact) mass is 128 g/mol. The molecule has 1 nitrogen and oxygen atoms in total. The Morgan fingerprint density at radius 2 is 1.44 bits per heavy atom. The summed E-state index contributed by atoms with van der Waals surface area (Å²) in [4.78, 5) is 0. The first-order valence-corrected chi connectivity index (χ1v) is 3.87. The predicted octanol–water partition coefficient (Wildman–Crippen LogP) is 2.07. The van der Waals surface area contributed by atoms with Gasteiger partial charge >= 0.3 is 0 Å². The average molecular weight is 128 g/mol. The van der Waals surface area contributed by atoms with Crippen LogP contribution in [0.2, 0.25) is 0 Å². The lowest BCUT2D eigenvalue weighted by atomic mass is 10.0. The highest BCUT2D eigenvalue weighted by Crippen LogP contribution is 2.17. The van der Waals surface area contributed by atoms with Crippen molar-refractivity contribution in [3.8, 4) is 0 Å². The van der Waals surface area contributed by atoms with E-state index in [-0.39, 0.29) is 0 Å². The van der Waals surface area contributed by atoms with E-state index in [1.807, 2.05) is 0 Å². The van der Waals surface area contributed by atoms with Crippen molar-refractivity contribution in [2.75, 3.05) is 13.2 Å². The van der Waals surface area contributed by atoms with Crippen molar-refractivity contribution in [2.45, 2.75) is 26.7 Å². The van der Waals surface area contributed by atoms with Gasteiger partial charge in [-0.2, -0.15) is 0 Å². The van der Waals surface area contributed by atoms with Crippen LogP contribution in [0.25, 0.3) is 0 Å². The van der Waals surface area contributed by atoms with Gasteiger partial charge in [0.2, 0.25) is 0 Å². The maximum Gasteiger partial charge on any atom is 0.0491 e. The first-order valence-electron chi connectivity index (χ1n) is 3.87. The number of hydrogen-bond donors (Lipinski definition) is 0. The Balaban J connectivity index is 2.25. The van der Waals surface area contributed by atoms with Crippen LogP contribution in [0.1, 0.15) is 26.7 Å². The summed E-state index contributed by atoms with van der Waals surface area (Å²) in [6, 6.07) is 0. The molecule has 0 aromatic heterocycles. The summed E-state index contributed by atoms with van der Waals surface area (Å²) >= 11 is 0. The first kappa shape index (κ1) is 7.07. The van der Waals surface area contributed by atoms with E-state index in [1.165, 1.54) is 12.8 Å². The van der Waals surface area contributed by atoms with Crippen molar-refractivity contribution in [3.63, 3.8) is 0 Å². The molecule has 0 spiro atoms. The van der Waals surface area contributed by atoms with E-state index in [0.29, 0.717) is 0 Å². The van der Waals surface area contributed by atoms with Crippen LogP contribution >= 0.6 is 0 Å². The molecule has 0 aliphatic carbocycles. The minimum absolute atomic E-state index is 0.787. The third-order valence-electron chi connectivity index (χ3n) is 1.96. The van der Waals surface area contributed by atoms with Crippen molar-refractivity contribution in [3.05, 3.63) is 0 Å². The smallest absolute Gasteiger partial charge is 0.0491 e. The highest BCUT2D eigenvalue weighted by atomic mass is 16.5. The van der Waals surface area contributed by atoms with Gasteiger partial charge in [-0.05, 0) is 24.7 Å². The fourth-order valence-corrected chi connectivity index (χ4v) is 1.21. The van der Waals surface area contributed by atoms with Gasteiger partial charge in [0.25, 0.3) is 0 Å². The molecule has 1 aliphatic heterocycles. The second kappa shape index (κ2) is 3.21. The quantitative estimate of drug-likeness (QED) is 0.485. The van der Waals surface area contributed by atoms with Crippen molar-refractivity contribution in [1.82, 2.24) is 0 Å². The van der Waals surface area contributed by atoms with Gasteiger partial charge in [0.1, 0.15) is 0 Å². The van der Waals surface area contributed by atoms with Crippen LogP contribution in [0.15, 0.2) is 0 Å². The molecule has 0 unspecified atom stereocenters. The summed E-state index contributed by atoms with van der Waals surface area (Å²) in [5.74, 6) is 1.57. The summed E-state index contributed by atoms with van der Waals surface area (Å²) in [6.07, 6.45) is 2.70. The minimum Gasteiger partial charge on any atom is -0.381 e. The van der Waals surface area contributed by atoms with Gasteiger partial charge in [-0.1, -0.05) is 13.8 Å². The SMILES string of the molecule is C[C@@H]1CC[C@H](C)COC1. The Kier molecular flexibility index (Phi) is 2.52. The van der Waals surface area contributed by atoms with Crippen molar-refractivity contribution >= 4 is 0 Å². The second-order valence-electron chi connectivity index (χ2n) is 3.33. The molecule has 1 heteroatoms. The summed E-state index contributed by atoms with van der Waals surface area (Å²) in [5.41, 5.74) is 0. The van der Waals surface area contributed by atoms with E-state index in [2.05, 4.69) is 13.8 Å². The Morgan fingerprint density at radius 1 is 1.00 bits per heavy atom. The minimum atomic E-state index is 0.787. The Hall–Kier alpha value is -0.0400. The van der Waals surface area contributed by atoms with Crippen LogP contribution in [0.4, 0.5) is 0 Å². The van der Waals surface area contributed by atoms with Gasteiger partial charge in [0.05, 0.1) is 0 Å². The summed E-state index contributed by atoms with van der Waals surface area (Å²) < 4.78 is 5.42. The zero-order valence-corrected chi connectivity index (χ0v) is 6.39.